The Labute approximate surface area is 141 Å². The number of furan rings is 1. The largest absolute Gasteiger partial charge is 0.438 e. The zero-order chi connectivity index (χ0) is 17.3. The quantitative estimate of drug-likeness (QED) is 0.915. The zero-order valence-electron chi connectivity index (χ0n) is 13.4. The Morgan fingerprint density at radius 3 is 2.58 bits per heavy atom. The Bertz CT molecular complexity index is 840. The van der Waals surface area contributed by atoms with E-state index in [0.29, 0.717) is 6.54 Å². The van der Waals surface area contributed by atoms with Crippen molar-refractivity contribution in [2.45, 2.75) is 37.3 Å². The SMILES string of the molecule is Cc1ccc(CC2CCCN2C(=O)c2ccc(S(N)(=O)=O)o2)cc1. The highest BCUT2D eigenvalue weighted by atomic mass is 32.2. The van der Waals surface area contributed by atoms with Gasteiger partial charge in [0, 0.05) is 12.6 Å². The van der Waals surface area contributed by atoms with Gasteiger partial charge in [0.15, 0.2) is 5.76 Å². The number of nitrogens with two attached hydrogens (primary N) is 1. The topological polar surface area (TPSA) is 93.6 Å². The second kappa shape index (κ2) is 6.41. The van der Waals surface area contributed by atoms with Crippen molar-refractivity contribution in [1.82, 2.24) is 4.90 Å². The molecule has 7 heteroatoms. The highest BCUT2D eigenvalue weighted by Gasteiger charge is 2.31. The van der Waals surface area contributed by atoms with Crippen LogP contribution in [0.2, 0.25) is 0 Å². The fourth-order valence-corrected chi connectivity index (χ4v) is 3.50. The second-order valence-corrected chi connectivity index (χ2v) is 7.64. The van der Waals surface area contributed by atoms with Gasteiger partial charge in [-0.3, -0.25) is 4.79 Å². The molecule has 1 atom stereocenters. The maximum absolute atomic E-state index is 12.6. The molecule has 1 aromatic carbocycles. The van der Waals surface area contributed by atoms with Gasteiger partial charge < -0.3 is 9.32 Å². The number of sulfonamides is 1. The minimum absolute atomic E-state index is 0.00910. The molecule has 1 aliphatic heterocycles. The average molecular weight is 348 g/mol. The summed E-state index contributed by atoms with van der Waals surface area (Å²) in [4.78, 5) is 14.4. The standard InChI is InChI=1S/C17H20N2O4S/c1-12-4-6-13(7-5-12)11-14-3-2-10-19(14)17(20)15-8-9-16(23-15)24(18,21)22/h4-9,14H,2-3,10-11H2,1H3,(H2,18,21,22). The number of aryl methyl sites for hydroxylation is 1. The Morgan fingerprint density at radius 1 is 1.25 bits per heavy atom. The Morgan fingerprint density at radius 2 is 1.96 bits per heavy atom. The molecular weight excluding hydrogens is 328 g/mol. The van der Waals surface area contributed by atoms with Crippen molar-refractivity contribution in [3.05, 3.63) is 53.3 Å². The molecule has 1 aromatic heterocycles. The Kier molecular flexibility index (Phi) is 4.47. The van der Waals surface area contributed by atoms with E-state index in [9.17, 15) is 13.2 Å². The summed E-state index contributed by atoms with van der Waals surface area (Å²) in [5, 5.41) is 4.63. The lowest BCUT2D eigenvalue weighted by Crippen LogP contribution is -2.36. The van der Waals surface area contributed by atoms with Gasteiger partial charge in [0.2, 0.25) is 5.09 Å². The molecule has 2 aromatic rings. The zero-order valence-corrected chi connectivity index (χ0v) is 14.3. The summed E-state index contributed by atoms with van der Waals surface area (Å²) in [5.41, 5.74) is 2.37. The van der Waals surface area contributed by atoms with Crippen LogP contribution in [0.4, 0.5) is 0 Å². The molecule has 0 bridgehead atoms. The van der Waals surface area contributed by atoms with Gasteiger partial charge in [0.05, 0.1) is 0 Å². The van der Waals surface area contributed by atoms with Crippen LogP contribution in [0, 0.1) is 6.92 Å². The molecule has 2 heterocycles. The van der Waals surface area contributed by atoms with Crippen molar-refractivity contribution in [3.8, 4) is 0 Å². The van der Waals surface area contributed by atoms with Crippen LogP contribution < -0.4 is 5.14 Å². The molecule has 0 spiro atoms. The van der Waals surface area contributed by atoms with Gasteiger partial charge in [-0.2, -0.15) is 0 Å². The summed E-state index contributed by atoms with van der Waals surface area (Å²) in [6.45, 7) is 2.68. The highest BCUT2D eigenvalue weighted by molar-refractivity contribution is 7.89. The maximum atomic E-state index is 12.6. The lowest BCUT2D eigenvalue weighted by atomic mass is 10.0. The van der Waals surface area contributed by atoms with E-state index >= 15 is 0 Å². The molecule has 2 N–H and O–H groups in total. The van der Waals surface area contributed by atoms with E-state index in [-0.39, 0.29) is 22.8 Å². The van der Waals surface area contributed by atoms with Crippen molar-refractivity contribution in [2.75, 3.05) is 6.54 Å². The first-order chi connectivity index (χ1) is 11.3. The highest BCUT2D eigenvalue weighted by Crippen LogP contribution is 2.24. The summed E-state index contributed by atoms with van der Waals surface area (Å²) < 4.78 is 27.7. The monoisotopic (exact) mass is 348 g/mol. The smallest absolute Gasteiger partial charge is 0.289 e. The van der Waals surface area contributed by atoms with Crippen LogP contribution in [0.1, 0.15) is 34.5 Å². The first-order valence-electron chi connectivity index (χ1n) is 7.84. The third kappa shape index (κ3) is 3.52. The number of benzene rings is 1. The van der Waals surface area contributed by atoms with E-state index < -0.39 is 10.0 Å². The third-order valence-corrected chi connectivity index (χ3v) is 5.08. The molecule has 1 aliphatic rings. The van der Waals surface area contributed by atoms with Gasteiger partial charge >= 0.3 is 0 Å². The molecule has 1 fully saturated rings. The first kappa shape index (κ1) is 16.7. The van der Waals surface area contributed by atoms with Crippen LogP contribution in [-0.4, -0.2) is 31.8 Å². The number of amides is 1. The number of nitrogens with zero attached hydrogens (tertiary/aromatic N) is 1. The maximum Gasteiger partial charge on any atom is 0.289 e. The van der Waals surface area contributed by atoms with E-state index in [1.807, 2.05) is 6.92 Å². The summed E-state index contributed by atoms with van der Waals surface area (Å²) in [7, 11) is -3.94. The van der Waals surface area contributed by atoms with Crippen LogP contribution in [0.5, 0.6) is 0 Å². The van der Waals surface area contributed by atoms with Crippen molar-refractivity contribution >= 4 is 15.9 Å². The predicted molar refractivity (Wildman–Crippen MR) is 89.0 cm³/mol. The number of rotatable bonds is 4. The fraction of sp³-hybridized carbons (Fsp3) is 0.353. The van der Waals surface area contributed by atoms with E-state index in [2.05, 4.69) is 24.3 Å². The van der Waals surface area contributed by atoms with Crippen LogP contribution in [0.15, 0.2) is 45.9 Å². The molecule has 0 aliphatic carbocycles. The second-order valence-electron chi connectivity index (χ2n) is 6.15. The van der Waals surface area contributed by atoms with Gasteiger partial charge in [0.25, 0.3) is 15.9 Å². The summed E-state index contributed by atoms with van der Waals surface area (Å²) in [6, 6.07) is 10.9. The normalized spacial score (nSPS) is 18.1. The van der Waals surface area contributed by atoms with E-state index in [1.54, 1.807) is 4.90 Å². The number of likely N-dealkylation sites (tertiary alicyclic amines) is 1. The number of primary sulfonamides is 1. The molecule has 24 heavy (non-hydrogen) atoms. The van der Waals surface area contributed by atoms with Crippen molar-refractivity contribution in [1.29, 1.82) is 0 Å². The van der Waals surface area contributed by atoms with Crippen LogP contribution in [0.3, 0.4) is 0 Å². The molecular formula is C17H20N2O4S. The number of carbonyl (C=O) groups is 1. The van der Waals surface area contributed by atoms with Gasteiger partial charge in [-0.15, -0.1) is 0 Å². The minimum atomic E-state index is -3.94. The van der Waals surface area contributed by atoms with Gasteiger partial charge in [0.1, 0.15) is 0 Å². The van der Waals surface area contributed by atoms with Gasteiger partial charge in [-0.1, -0.05) is 29.8 Å². The lowest BCUT2D eigenvalue weighted by Gasteiger charge is -2.24. The molecule has 1 unspecified atom stereocenters. The number of hydrogen-bond donors (Lipinski definition) is 1. The van der Waals surface area contributed by atoms with E-state index in [1.165, 1.54) is 23.3 Å². The summed E-state index contributed by atoms with van der Waals surface area (Å²) in [6.07, 6.45) is 2.61. The van der Waals surface area contributed by atoms with Crippen LogP contribution in [-0.2, 0) is 16.4 Å². The molecule has 128 valence electrons. The molecule has 1 amide bonds. The first-order valence-corrected chi connectivity index (χ1v) is 9.38. The molecule has 0 radical (unpaired) electrons. The number of carbonyl (C=O) groups excluding carboxylic acids is 1. The number of hydrogen-bond acceptors (Lipinski definition) is 4. The Hall–Kier alpha value is -2.12. The molecule has 0 saturated carbocycles. The molecule has 6 nitrogen and oxygen atoms in total. The fourth-order valence-electron chi connectivity index (χ4n) is 3.04. The van der Waals surface area contributed by atoms with Crippen molar-refractivity contribution in [2.24, 2.45) is 5.14 Å². The lowest BCUT2D eigenvalue weighted by molar-refractivity contribution is 0.0698. The van der Waals surface area contributed by atoms with Gasteiger partial charge in [-0.05, 0) is 43.9 Å². The third-order valence-electron chi connectivity index (χ3n) is 4.30. The molecule has 3 rings (SSSR count). The van der Waals surface area contributed by atoms with Crippen LogP contribution in [0.25, 0.3) is 0 Å². The van der Waals surface area contributed by atoms with E-state index in [4.69, 9.17) is 9.56 Å². The van der Waals surface area contributed by atoms with E-state index in [0.717, 1.165) is 19.3 Å². The summed E-state index contributed by atoms with van der Waals surface area (Å²) in [5.74, 6) is -0.283. The predicted octanol–water partition coefficient (Wildman–Crippen LogP) is 2.08. The average Bonchev–Trinajstić information content (AvgIpc) is 3.17. The molecule has 1 saturated heterocycles. The van der Waals surface area contributed by atoms with Crippen LogP contribution >= 0.6 is 0 Å². The Balaban J connectivity index is 1.76. The minimum Gasteiger partial charge on any atom is -0.438 e. The summed E-state index contributed by atoms with van der Waals surface area (Å²) >= 11 is 0. The van der Waals surface area contributed by atoms with Crippen molar-refractivity contribution < 1.29 is 17.6 Å². The van der Waals surface area contributed by atoms with Crippen molar-refractivity contribution in [3.63, 3.8) is 0 Å². The van der Waals surface area contributed by atoms with Gasteiger partial charge in [-0.25, -0.2) is 13.6 Å².